The van der Waals surface area contributed by atoms with Crippen molar-refractivity contribution in [3.63, 3.8) is 0 Å². The van der Waals surface area contributed by atoms with E-state index in [2.05, 4.69) is 47.7 Å². The fraction of sp³-hybridized carbons (Fsp3) is 0.240. The predicted molar refractivity (Wildman–Crippen MR) is 123 cm³/mol. The van der Waals surface area contributed by atoms with E-state index >= 15 is 0 Å². The summed E-state index contributed by atoms with van der Waals surface area (Å²) in [5.41, 5.74) is 6.33. The van der Waals surface area contributed by atoms with Crippen LogP contribution in [-0.2, 0) is 19.3 Å². The third-order valence-corrected chi connectivity index (χ3v) is 5.60. The maximum atomic E-state index is 12.8. The van der Waals surface area contributed by atoms with Crippen molar-refractivity contribution in [3.05, 3.63) is 94.3 Å². The van der Waals surface area contributed by atoms with Gasteiger partial charge >= 0.3 is 6.18 Å². The van der Waals surface area contributed by atoms with Crippen molar-refractivity contribution in [2.24, 2.45) is 0 Å². The first-order valence-corrected chi connectivity index (χ1v) is 10.0. The minimum atomic E-state index is -4.34. The molecule has 0 spiro atoms. The first-order chi connectivity index (χ1) is 14.7. The number of pyridine rings is 1. The summed E-state index contributed by atoms with van der Waals surface area (Å²) < 4.78 is 46.6. The third kappa shape index (κ3) is 4.75. The molecule has 0 aliphatic rings. The lowest BCUT2D eigenvalue weighted by atomic mass is 10.1. The Morgan fingerprint density at radius 1 is 0.875 bits per heavy atom. The number of ether oxygens (including phenoxy) is 1. The van der Waals surface area contributed by atoms with Gasteiger partial charge in [-0.15, -0.1) is 12.4 Å². The lowest BCUT2D eigenvalue weighted by Crippen LogP contribution is -2.06. The fourth-order valence-corrected chi connectivity index (χ4v) is 3.65. The van der Waals surface area contributed by atoms with Gasteiger partial charge in [-0.3, -0.25) is 4.98 Å². The molecule has 2 aromatic carbocycles. The van der Waals surface area contributed by atoms with Crippen LogP contribution in [0.4, 0.5) is 13.2 Å². The zero-order valence-electron chi connectivity index (χ0n) is 18.0. The van der Waals surface area contributed by atoms with E-state index in [1.54, 1.807) is 12.3 Å². The summed E-state index contributed by atoms with van der Waals surface area (Å²) in [7, 11) is 0. The van der Waals surface area contributed by atoms with Crippen LogP contribution in [0.1, 0.15) is 33.5 Å². The molecule has 2 heterocycles. The summed E-state index contributed by atoms with van der Waals surface area (Å²) in [6, 6.07) is 15.2. The van der Waals surface area contributed by atoms with Crippen molar-refractivity contribution in [3.8, 4) is 5.75 Å². The Kier molecular flexibility index (Phi) is 6.84. The standard InChI is InChI=1S/C25H23F3N2O.ClH/c1-16-4-6-19(7-5-16)14-30-18(3)17(2)23-24(30)22(12-13-29-23)31-15-20-8-10-21(11-9-20)25(26,27)28;/h4-13H,14-15H2,1-3H3;1H. The molecule has 0 radical (unpaired) electrons. The summed E-state index contributed by atoms with van der Waals surface area (Å²) in [5, 5.41) is 0. The molecule has 0 aliphatic carbocycles. The highest BCUT2D eigenvalue weighted by atomic mass is 35.5. The molecule has 4 rings (SSSR count). The Morgan fingerprint density at radius 3 is 2.12 bits per heavy atom. The maximum Gasteiger partial charge on any atom is 0.416 e. The van der Waals surface area contributed by atoms with E-state index in [0.29, 0.717) is 17.9 Å². The molecular formula is C25H24ClF3N2O. The van der Waals surface area contributed by atoms with E-state index in [9.17, 15) is 13.2 Å². The van der Waals surface area contributed by atoms with Crippen LogP contribution < -0.4 is 4.74 Å². The van der Waals surface area contributed by atoms with Crippen LogP contribution in [0, 0.1) is 20.8 Å². The molecule has 168 valence electrons. The van der Waals surface area contributed by atoms with E-state index in [1.807, 2.05) is 6.92 Å². The SMILES string of the molecule is Cc1ccc(Cn2c(C)c(C)c3nccc(OCc4ccc(C(F)(F)F)cc4)c32)cc1.Cl. The second-order valence-corrected chi connectivity index (χ2v) is 7.77. The van der Waals surface area contributed by atoms with Gasteiger partial charge in [0.25, 0.3) is 0 Å². The van der Waals surface area contributed by atoms with E-state index in [4.69, 9.17) is 4.74 Å². The van der Waals surface area contributed by atoms with Crippen LogP contribution in [0.15, 0.2) is 60.8 Å². The highest BCUT2D eigenvalue weighted by molar-refractivity contribution is 5.86. The second-order valence-electron chi connectivity index (χ2n) is 7.77. The van der Waals surface area contributed by atoms with Gasteiger partial charge in [0, 0.05) is 24.5 Å². The van der Waals surface area contributed by atoms with Crippen LogP contribution >= 0.6 is 12.4 Å². The van der Waals surface area contributed by atoms with Gasteiger partial charge in [0.2, 0.25) is 0 Å². The van der Waals surface area contributed by atoms with Gasteiger partial charge in [-0.25, -0.2) is 0 Å². The average Bonchev–Trinajstić information content (AvgIpc) is 2.99. The number of nitrogens with zero attached hydrogens (tertiary/aromatic N) is 2. The van der Waals surface area contributed by atoms with Gasteiger partial charge in [-0.1, -0.05) is 42.0 Å². The predicted octanol–water partition coefficient (Wildman–Crippen LogP) is 7.03. The molecule has 32 heavy (non-hydrogen) atoms. The van der Waals surface area contributed by atoms with Gasteiger partial charge < -0.3 is 9.30 Å². The maximum absolute atomic E-state index is 12.8. The smallest absolute Gasteiger partial charge is 0.416 e. The lowest BCUT2D eigenvalue weighted by molar-refractivity contribution is -0.137. The molecule has 0 amide bonds. The molecule has 0 fully saturated rings. The summed E-state index contributed by atoms with van der Waals surface area (Å²) in [4.78, 5) is 4.55. The third-order valence-electron chi connectivity index (χ3n) is 5.60. The first-order valence-electron chi connectivity index (χ1n) is 10.0. The van der Waals surface area contributed by atoms with E-state index in [0.717, 1.165) is 34.4 Å². The van der Waals surface area contributed by atoms with Crippen molar-refractivity contribution in [2.45, 2.75) is 40.1 Å². The number of benzene rings is 2. The Balaban J connectivity index is 0.00000289. The summed E-state index contributed by atoms with van der Waals surface area (Å²) in [5.74, 6) is 0.660. The Morgan fingerprint density at radius 2 is 1.50 bits per heavy atom. The van der Waals surface area contributed by atoms with Gasteiger partial charge in [0.15, 0.2) is 0 Å². The van der Waals surface area contributed by atoms with Crippen molar-refractivity contribution in [1.29, 1.82) is 0 Å². The highest BCUT2D eigenvalue weighted by Gasteiger charge is 2.29. The summed E-state index contributed by atoms with van der Waals surface area (Å²) in [6.45, 7) is 7.01. The molecule has 2 aromatic heterocycles. The Labute approximate surface area is 191 Å². The molecular weight excluding hydrogens is 437 g/mol. The van der Waals surface area contributed by atoms with Crippen molar-refractivity contribution in [1.82, 2.24) is 9.55 Å². The quantitative estimate of drug-likeness (QED) is 0.319. The van der Waals surface area contributed by atoms with Gasteiger partial charge in [0.1, 0.15) is 17.9 Å². The molecule has 0 saturated carbocycles. The van der Waals surface area contributed by atoms with Gasteiger partial charge in [-0.05, 0) is 49.6 Å². The van der Waals surface area contributed by atoms with Crippen molar-refractivity contribution < 1.29 is 17.9 Å². The topological polar surface area (TPSA) is 27.1 Å². The van der Waals surface area contributed by atoms with Gasteiger partial charge in [-0.2, -0.15) is 13.2 Å². The molecule has 0 aliphatic heterocycles. The lowest BCUT2D eigenvalue weighted by Gasteiger charge is -2.13. The largest absolute Gasteiger partial charge is 0.487 e. The molecule has 0 N–H and O–H groups in total. The van der Waals surface area contributed by atoms with Gasteiger partial charge in [0.05, 0.1) is 11.1 Å². The minimum absolute atomic E-state index is 0. The molecule has 7 heteroatoms. The van der Waals surface area contributed by atoms with E-state index in [-0.39, 0.29) is 19.0 Å². The zero-order valence-corrected chi connectivity index (χ0v) is 18.8. The number of fused-ring (bicyclic) bond motifs is 1. The van der Waals surface area contributed by atoms with Crippen LogP contribution in [0.5, 0.6) is 5.75 Å². The molecule has 0 atom stereocenters. The van der Waals surface area contributed by atoms with Crippen LogP contribution in [0.25, 0.3) is 11.0 Å². The zero-order chi connectivity index (χ0) is 22.2. The number of rotatable bonds is 5. The fourth-order valence-electron chi connectivity index (χ4n) is 3.65. The summed E-state index contributed by atoms with van der Waals surface area (Å²) >= 11 is 0. The summed E-state index contributed by atoms with van der Waals surface area (Å²) in [6.07, 6.45) is -2.64. The number of hydrogen-bond donors (Lipinski definition) is 0. The molecule has 4 aromatic rings. The van der Waals surface area contributed by atoms with E-state index in [1.165, 1.54) is 23.3 Å². The van der Waals surface area contributed by atoms with E-state index < -0.39 is 11.7 Å². The monoisotopic (exact) mass is 460 g/mol. The van der Waals surface area contributed by atoms with Crippen LogP contribution in [0.3, 0.4) is 0 Å². The number of aromatic nitrogens is 2. The Bertz CT molecular complexity index is 1210. The minimum Gasteiger partial charge on any atom is -0.487 e. The second kappa shape index (κ2) is 9.25. The molecule has 0 unspecified atom stereocenters. The normalized spacial score (nSPS) is 11.4. The number of halogens is 4. The average molecular weight is 461 g/mol. The highest BCUT2D eigenvalue weighted by Crippen LogP contribution is 2.33. The molecule has 0 bridgehead atoms. The molecule has 3 nitrogen and oxygen atoms in total. The van der Waals surface area contributed by atoms with Crippen LogP contribution in [0.2, 0.25) is 0 Å². The number of alkyl halides is 3. The van der Waals surface area contributed by atoms with Crippen LogP contribution in [-0.4, -0.2) is 9.55 Å². The first kappa shape index (κ1) is 23.7. The van der Waals surface area contributed by atoms with Crippen molar-refractivity contribution in [2.75, 3.05) is 0 Å². The number of hydrogen-bond acceptors (Lipinski definition) is 2. The number of aryl methyl sites for hydroxylation is 2. The Hall–Kier alpha value is -2.99. The molecule has 0 saturated heterocycles. The van der Waals surface area contributed by atoms with Crippen molar-refractivity contribution >= 4 is 23.4 Å².